The zero-order valence-corrected chi connectivity index (χ0v) is 12.7. The molecular weight excluding hydrogens is 322 g/mol. The molecule has 0 aliphatic carbocycles. The fraction of sp³-hybridized carbons (Fsp3) is 0.364. The predicted molar refractivity (Wildman–Crippen MR) is 75.8 cm³/mol. The van der Waals surface area contributed by atoms with E-state index in [0.717, 1.165) is 16.7 Å². The first-order chi connectivity index (χ1) is 8.13. The van der Waals surface area contributed by atoms with Gasteiger partial charge in [-0.15, -0.1) is 11.3 Å². The minimum absolute atomic E-state index is 0.0938. The number of rotatable bonds is 4. The van der Waals surface area contributed by atoms with Crippen LogP contribution in [0.25, 0.3) is 0 Å². The minimum atomic E-state index is 0.0938. The molecule has 0 saturated heterocycles. The summed E-state index contributed by atoms with van der Waals surface area (Å²) in [7, 11) is 1.91. The predicted octanol–water partition coefficient (Wildman–Crippen LogP) is 3.60. The van der Waals surface area contributed by atoms with Gasteiger partial charge in [0.05, 0.1) is 23.0 Å². The lowest BCUT2D eigenvalue weighted by Crippen LogP contribution is -2.23. The van der Waals surface area contributed by atoms with Gasteiger partial charge in [0, 0.05) is 21.8 Å². The molecule has 92 valence electrons. The summed E-state index contributed by atoms with van der Waals surface area (Å²) >= 11 is 11.4. The first-order valence-corrected chi connectivity index (χ1v) is 7.33. The third-order valence-electron chi connectivity index (χ3n) is 2.49. The molecule has 0 aliphatic heterocycles. The van der Waals surface area contributed by atoms with Crippen molar-refractivity contribution in [1.29, 1.82) is 0 Å². The number of hydrogen-bond donors (Lipinski definition) is 1. The minimum Gasteiger partial charge on any atom is -0.305 e. The van der Waals surface area contributed by atoms with Crippen LogP contribution in [0.3, 0.4) is 0 Å². The summed E-state index contributed by atoms with van der Waals surface area (Å²) in [5, 5.41) is 10.4. The molecule has 0 saturated carbocycles. The molecule has 1 N–H and O–H groups in total. The summed E-state index contributed by atoms with van der Waals surface area (Å²) in [6.07, 6.45) is 1.68. The van der Waals surface area contributed by atoms with Crippen molar-refractivity contribution in [1.82, 2.24) is 15.1 Å². The Morgan fingerprint density at radius 3 is 2.88 bits per heavy atom. The molecule has 2 rings (SSSR count). The van der Waals surface area contributed by atoms with Crippen molar-refractivity contribution in [2.24, 2.45) is 7.05 Å². The van der Waals surface area contributed by atoms with Crippen molar-refractivity contribution in [3.05, 3.63) is 37.7 Å². The van der Waals surface area contributed by atoms with Crippen LogP contribution in [0.2, 0.25) is 5.02 Å². The average Bonchev–Trinajstić information content (AvgIpc) is 2.84. The van der Waals surface area contributed by atoms with Gasteiger partial charge in [-0.3, -0.25) is 4.68 Å². The lowest BCUT2D eigenvalue weighted by Gasteiger charge is -2.17. The Balaban J connectivity index is 2.42. The fourth-order valence-corrected chi connectivity index (χ4v) is 3.56. The molecule has 1 unspecified atom stereocenters. The topological polar surface area (TPSA) is 29.9 Å². The Morgan fingerprint density at radius 1 is 1.65 bits per heavy atom. The van der Waals surface area contributed by atoms with Crippen LogP contribution >= 0.6 is 38.9 Å². The number of aryl methyl sites for hydroxylation is 1. The number of halogens is 2. The van der Waals surface area contributed by atoms with Gasteiger partial charge in [0.1, 0.15) is 0 Å². The molecular formula is C11H13BrClN3S. The van der Waals surface area contributed by atoms with E-state index in [1.54, 1.807) is 17.5 Å². The van der Waals surface area contributed by atoms with Crippen molar-refractivity contribution >= 4 is 38.9 Å². The highest BCUT2D eigenvalue weighted by Crippen LogP contribution is 2.32. The van der Waals surface area contributed by atoms with E-state index in [1.165, 1.54) is 4.88 Å². The summed E-state index contributed by atoms with van der Waals surface area (Å²) in [4.78, 5) is 1.23. The highest BCUT2D eigenvalue weighted by Gasteiger charge is 2.21. The highest BCUT2D eigenvalue weighted by atomic mass is 79.9. The Labute approximate surface area is 118 Å². The van der Waals surface area contributed by atoms with Crippen molar-refractivity contribution in [2.75, 3.05) is 6.54 Å². The molecule has 0 aromatic carbocycles. The fourth-order valence-electron chi connectivity index (χ4n) is 1.76. The summed E-state index contributed by atoms with van der Waals surface area (Å²) in [5.41, 5.74) is 1.00. The van der Waals surface area contributed by atoms with Gasteiger partial charge in [0.25, 0.3) is 0 Å². The van der Waals surface area contributed by atoms with E-state index in [-0.39, 0.29) is 6.04 Å². The molecule has 0 fully saturated rings. The number of aromatic nitrogens is 2. The zero-order chi connectivity index (χ0) is 12.4. The maximum atomic E-state index is 6.20. The summed E-state index contributed by atoms with van der Waals surface area (Å²) in [5.74, 6) is 0. The Bertz CT molecular complexity index is 489. The van der Waals surface area contributed by atoms with Crippen LogP contribution < -0.4 is 5.32 Å². The van der Waals surface area contributed by atoms with Crippen LogP contribution in [0, 0.1) is 0 Å². The molecule has 0 bridgehead atoms. The Hall–Kier alpha value is -0.360. The van der Waals surface area contributed by atoms with Crippen LogP contribution in [0.1, 0.15) is 23.5 Å². The third-order valence-corrected chi connectivity index (χ3v) is 4.54. The lowest BCUT2D eigenvalue weighted by atomic mass is 10.1. The van der Waals surface area contributed by atoms with Crippen molar-refractivity contribution < 1.29 is 0 Å². The van der Waals surface area contributed by atoms with E-state index in [2.05, 4.69) is 44.7 Å². The second kappa shape index (κ2) is 5.52. The molecule has 0 aliphatic rings. The smallest absolute Gasteiger partial charge is 0.0857 e. The van der Waals surface area contributed by atoms with Gasteiger partial charge in [-0.05, 0) is 28.5 Å². The van der Waals surface area contributed by atoms with E-state index in [1.807, 2.05) is 11.7 Å². The monoisotopic (exact) mass is 333 g/mol. The van der Waals surface area contributed by atoms with Crippen molar-refractivity contribution in [3.8, 4) is 0 Å². The van der Waals surface area contributed by atoms with Gasteiger partial charge < -0.3 is 5.32 Å². The largest absolute Gasteiger partial charge is 0.305 e. The van der Waals surface area contributed by atoms with Gasteiger partial charge in [-0.25, -0.2) is 0 Å². The lowest BCUT2D eigenvalue weighted by molar-refractivity contribution is 0.579. The summed E-state index contributed by atoms with van der Waals surface area (Å²) in [6, 6.07) is 2.21. The molecule has 17 heavy (non-hydrogen) atoms. The van der Waals surface area contributed by atoms with Crippen LogP contribution in [-0.2, 0) is 7.05 Å². The molecule has 6 heteroatoms. The molecule has 2 heterocycles. The highest BCUT2D eigenvalue weighted by molar-refractivity contribution is 9.10. The maximum Gasteiger partial charge on any atom is 0.0857 e. The van der Waals surface area contributed by atoms with Gasteiger partial charge >= 0.3 is 0 Å². The van der Waals surface area contributed by atoms with Crippen molar-refractivity contribution in [3.63, 3.8) is 0 Å². The van der Waals surface area contributed by atoms with Gasteiger partial charge in [0.15, 0.2) is 0 Å². The molecule has 2 aromatic rings. The summed E-state index contributed by atoms with van der Waals surface area (Å²) < 4.78 is 2.92. The van der Waals surface area contributed by atoms with E-state index >= 15 is 0 Å². The standard InChI is InChI=1S/C11H13BrClN3S/c1-3-14-10(9-4-7(12)6-17-9)11-8(13)5-15-16(11)2/h4-6,10,14H,3H2,1-2H3. The molecule has 0 radical (unpaired) electrons. The number of nitrogens with zero attached hydrogens (tertiary/aromatic N) is 2. The molecule has 0 spiro atoms. The number of nitrogens with one attached hydrogen (secondary N) is 1. The molecule has 0 amide bonds. The second-order valence-electron chi connectivity index (χ2n) is 3.66. The third kappa shape index (κ3) is 2.73. The molecule has 2 aromatic heterocycles. The van der Waals surface area contributed by atoms with Gasteiger partial charge in [-0.2, -0.15) is 5.10 Å². The van der Waals surface area contributed by atoms with E-state index in [0.29, 0.717) is 5.02 Å². The Kier molecular flexibility index (Phi) is 4.25. The normalized spacial score (nSPS) is 12.9. The van der Waals surface area contributed by atoms with Crippen LogP contribution in [0.15, 0.2) is 22.1 Å². The second-order valence-corrected chi connectivity index (χ2v) is 5.93. The first-order valence-electron chi connectivity index (χ1n) is 5.28. The zero-order valence-electron chi connectivity index (χ0n) is 9.58. The molecule has 1 atom stereocenters. The van der Waals surface area contributed by atoms with E-state index in [4.69, 9.17) is 11.6 Å². The Morgan fingerprint density at radius 2 is 2.41 bits per heavy atom. The quantitative estimate of drug-likeness (QED) is 0.926. The summed E-state index contributed by atoms with van der Waals surface area (Å²) in [6.45, 7) is 2.96. The molecule has 3 nitrogen and oxygen atoms in total. The number of hydrogen-bond acceptors (Lipinski definition) is 3. The van der Waals surface area contributed by atoms with E-state index in [9.17, 15) is 0 Å². The SMILES string of the molecule is CCNC(c1cc(Br)cs1)c1c(Cl)cnn1C. The maximum absolute atomic E-state index is 6.20. The average molecular weight is 335 g/mol. The van der Waals surface area contributed by atoms with Gasteiger partial charge in [-0.1, -0.05) is 18.5 Å². The van der Waals surface area contributed by atoms with Crippen LogP contribution in [0.4, 0.5) is 0 Å². The van der Waals surface area contributed by atoms with Gasteiger partial charge in [0.2, 0.25) is 0 Å². The van der Waals surface area contributed by atoms with Crippen LogP contribution in [0.5, 0.6) is 0 Å². The number of thiophene rings is 1. The van der Waals surface area contributed by atoms with Crippen molar-refractivity contribution in [2.45, 2.75) is 13.0 Å². The first kappa shape index (κ1) is 13.1. The van der Waals surface area contributed by atoms with Crippen LogP contribution in [-0.4, -0.2) is 16.3 Å². The van der Waals surface area contributed by atoms with E-state index < -0.39 is 0 Å².